The van der Waals surface area contributed by atoms with Crippen molar-refractivity contribution < 1.29 is 23.9 Å². The summed E-state index contributed by atoms with van der Waals surface area (Å²) in [6.07, 6.45) is 0. The summed E-state index contributed by atoms with van der Waals surface area (Å²) in [5.41, 5.74) is -0.378. The van der Waals surface area contributed by atoms with Crippen LogP contribution in [0.2, 0.25) is 19.6 Å². The lowest BCUT2D eigenvalue weighted by molar-refractivity contribution is -0.386. The van der Waals surface area contributed by atoms with Crippen molar-refractivity contribution in [3.05, 3.63) is 27.8 Å². The lowest BCUT2D eigenvalue weighted by atomic mass is 10.1. The van der Waals surface area contributed by atoms with Crippen LogP contribution >= 0.6 is 0 Å². The quantitative estimate of drug-likeness (QED) is 0.368. The molecule has 0 radical (unpaired) electrons. The van der Waals surface area contributed by atoms with E-state index in [1.165, 1.54) is 13.0 Å². The molecular weight excluding hydrogens is 294 g/mol. The monoisotopic (exact) mass is 311 g/mol. The van der Waals surface area contributed by atoms with E-state index in [1.807, 2.05) is 19.6 Å². The fourth-order valence-corrected chi connectivity index (χ4v) is 3.87. The first-order chi connectivity index (χ1) is 9.70. The van der Waals surface area contributed by atoms with Gasteiger partial charge >= 0.3 is 5.97 Å². The summed E-state index contributed by atoms with van der Waals surface area (Å²) in [5.74, 6) is 0.308. The van der Waals surface area contributed by atoms with E-state index in [0.29, 0.717) is 17.1 Å². The second-order valence-corrected chi connectivity index (χ2v) is 11.1. The van der Waals surface area contributed by atoms with Crippen molar-refractivity contribution >= 4 is 19.7 Å². The number of nitrogens with zero attached hydrogens (tertiary/aromatic N) is 1. The number of benzene rings is 1. The van der Waals surface area contributed by atoms with Crippen molar-refractivity contribution in [2.75, 3.05) is 6.79 Å². The van der Waals surface area contributed by atoms with E-state index in [1.54, 1.807) is 6.07 Å². The van der Waals surface area contributed by atoms with E-state index in [0.717, 1.165) is 0 Å². The van der Waals surface area contributed by atoms with Gasteiger partial charge in [0.1, 0.15) is 5.73 Å². The highest BCUT2D eigenvalue weighted by atomic mass is 28.3. The molecule has 0 spiro atoms. The van der Waals surface area contributed by atoms with E-state index in [-0.39, 0.29) is 12.5 Å². The third-order valence-electron chi connectivity index (χ3n) is 3.07. The Bertz CT molecular complexity index is 595. The van der Waals surface area contributed by atoms with Gasteiger partial charge in [-0.1, -0.05) is 19.6 Å². The molecule has 7 nitrogen and oxygen atoms in total. The van der Waals surface area contributed by atoms with Gasteiger partial charge in [-0.15, -0.1) is 0 Å². The van der Waals surface area contributed by atoms with Gasteiger partial charge in [-0.25, -0.2) is 0 Å². The third kappa shape index (κ3) is 3.15. The van der Waals surface area contributed by atoms with Crippen LogP contribution in [-0.2, 0) is 9.53 Å². The van der Waals surface area contributed by atoms with Crippen LogP contribution < -0.4 is 9.47 Å². The molecule has 0 bridgehead atoms. The van der Waals surface area contributed by atoms with Crippen LogP contribution in [0.15, 0.2) is 12.1 Å². The first-order valence-electron chi connectivity index (χ1n) is 6.45. The number of carbonyl (C=O) groups excluding carboxylic acids is 1. The summed E-state index contributed by atoms with van der Waals surface area (Å²) in [6.45, 7) is 7.27. The molecule has 21 heavy (non-hydrogen) atoms. The molecule has 1 aromatic carbocycles. The fraction of sp³-hybridized carbons (Fsp3) is 0.462. The molecule has 2 rings (SSSR count). The minimum Gasteiger partial charge on any atom is -0.461 e. The maximum absolute atomic E-state index is 11.4. The Morgan fingerprint density at radius 1 is 1.33 bits per heavy atom. The molecule has 1 aliphatic rings. The van der Waals surface area contributed by atoms with Crippen molar-refractivity contribution in [1.82, 2.24) is 0 Å². The number of nitro groups is 1. The number of ether oxygens (including phenoxy) is 3. The molecule has 1 unspecified atom stereocenters. The van der Waals surface area contributed by atoms with Crippen LogP contribution in [0, 0.1) is 10.1 Å². The number of hydrogen-bond acceptors (Lipinski definition) is 6. The molecule has 0 N–H and O–H groups in total. The normalized spacial score (nSPS) is 14.7. The Kier molecular flexibility index (Phi) is 3.90. The molecule has 1 aliphatic heterocycles. The zero-order chi connectivity index (χ0) is 15.8. The van der Waals surface area contributed by atoms with Gasteiger partial charge in [0, 0.05) is 6.92 Å². The van der Waals surface area contributed by atoms with E-state index in [2.05, 4.69) is 0 Å². The highest BCUT2D eigenvalue weighted by molar-refractivity contribution is 6.77. The lowest BCUT2D eigenvalue weighted by Gasteiger charge is -2.28. The second-order valence-electron chi connectivity index (χ2n) is 5.88. The van der Waals surface area contributed by atoms with Gasteiger partial charge in [0.25, 0.3) is 5.69 Å². The Morgan fingerprint density at radius 3 is 2.38 bits per heavy atom. The highest BCUT2D eigenvalue weighted by Gasteiger charge is 2.37. The molecule has 0 saturated heterocycles. The average molecular weight is 311 g/mol. The number of nitro benzene ring substituents is 1. The van der Waals surface area contributed by atoms with Crippen molar-refractivity contribution in [3.8, 4) is 11.5 Å². The molecular formula is C13H17NO6Si. The molecule has 0 fully saturated rings. The topological polar surface area (TPSA) is 87.9 Å². The zero-order valence-corrected chi connectivity index (χ0v) is 13.3. The van der Waals surface area contributed by atoms with Crippen LogP contribution in [0.4, 0.5) is 5.69 Å². The van der Waals surface area contributed by atoms with Gasteiger partial charge in [-0.3, -0.25) is 14.9 Å². The second kappa shape index (κ2) is 5.36. The highest BCUT2D eigenvalue weighted by Crippen LogP contribution is 2.43. The largest absolute Gasteiger partial charge is 0.461 e. The fourth-order valence-electron chi connectivity index (χ4n) is 2.19. The molecule has 0 aromatic heterocycles. The van der Waals surface area contributed by atoms with Crippen molar-refractivity contribution in [2.24, 2.45) is 0 Å². The molecule has 8 heteroatoms. The summed E-state index contributed by atoms with van der Waals surface area (Å²) in [7, 11) is -2.04. The van der Waals surface area contributed by atoms with Crippen LogP contribution in [0.25, 0.3) is 0 Å². The maximum atomic E-state index is 11.4. The first-order valence-corrected chi connectivity index (χ1v) is 10.0. The number of hydrogen-bond donors (Lipinski definition) is 0. The van der Waals surface area contributed by atoms with Gasteiger partial charge in [0.05, 0.1) is 24.6 Å². The number of carbonyl (C=O) groups is 1. The van der Waals surface area contributed by atoms with Crippen molar-refractivity contribution in [3.63, 3.8) is 0 Å². The molecule has 0 saturated carbocycles. The first kappa shape index (κ1) is 15.3. The van der Waals surface area contributed by atoms with Crippen molar-refractivity contribution in [1.29, 1.82) is 0 Å². The molecule has 1 atom stereocenters. The number of esters is 1. The smallest absolute Gasteiger partial charge is 0.302 e. The van der Waals surface area contributed by atoms with E-state index >= 15 is 0 Å². The third-order valence-corrected chi connectivity index (χ3v) is 5.07. The molecule has 0 aliphatic carbocycles. The summed E-state index contributed by atoms with van der Waals surface area (Å²) in [6, 6.07) is 2.88. The van der Waals surface area contributed by atoms with Gasteiger partial charge in [-0.05, 0) is 6.07 Å². The minimum atomic E-state index is -2.04. The molecule has 1 heterocycles. The summed E-state index contributed by atoms with van der Waals surface area (Å²) in [5, 5.41) is 11.3. The SMILES string of the molecule is CC(=O)OC(c1cc2c(cc1[N+](=O)[O-])OCO2)[Si](C)(C)C. The van der Waals surface area contributed by atoms with E-state index < -0.39 is 24.7 Å². The van der Waals surface area contributed by atoms with Gasteiger partial charge in [0.2, 0.25) is 6.79 Å². The van der Waals surface area contributed by atoms with Gasteiger partial charge in [-0.2, -0.15) is 0 Å². The number of fused-ring (bicyclic) bond motifs is 1. The Hall–Kier alpha value is -2.09. The van der Waals surface area contributed by atoms with E-state index in [4.69, 9.17) is 14.2 Å². The lowest BCUT2D eigenvalue weighted by Crippen LogP contribution is -2.34. The maximum Gasteiger partial charge on any atom is 0.302 e. The van der Waals surface area contributed by atoms with Crippen LogP contribution in [0.3, 0.4) is 0 Å². The summed E-state index contributed by atoms with van der Waals surface area (Å²) < 4.78 is 15.8. The number of rotatable bonds is 4. The predicted molar refractivity (Wildman–Crippen MR) is 77.1 cm³/mol. The Labute approximate surface area is 123 Å². The van der Waals surface area contributed by atoms with Gasteiger partial charge < -0.3 is 14.2 Å². The van der Waals surface area contributed by atoms with Crippen LogP contribution in [-0.4, -0.2) is 25.8 Å². The minimum absolute atomic E-state index is 0.0289. The Morgan fingerprint density at radius 2 is 1.90 bits per heavy atom. The predicted octanol–water partition coefficient (Wildman–Crippen LogP) is 2.81. The summed E-state index contributed by atoms with van der Waals surface area (Å²) >= 11 is 0. The molecule has 114 valence electrons. The summed E-state index contributed by atoms with van der Waals surface area (Å²) in [4.78, 5) is 22.2. The van der Waals surface area contributed by atoms with Crippen molar-refractivity contribution in [2.45, 2.75) is 32.3 Å². The average Bonchev–Trinajstić information content (AvgIpc) is 2.79. The molecule has 0 amide bonds. The van der Waals surface area contributed by atoms with Crippen LogP contribution in [0.5, 0.6) is 11.5 Å². The van der Waals surface area contributed by atoms with Gasteiger partial charge in [0.15, 0.2) is 11.5 Å². The standard InChI is InChI=1S/C13H17NO6Si/c1-8(15)20-13(21(2,3)4)9-5-11-12(19-7-18-11)6-10(9)14(16)17/h5-6,13H,7H2,1-4H3. The van der Waals surface area contributed by atoms with E-state index in [9.17, 15) is 14.9 Å². The zero-order valence-electron chi connectivity index (χ0n) is 12.3. The molecule has 1 aromatic rings. The Balaban J connectivity index is 2.58. The van der Waals surface area contributed by atoms with Crippen LogP contribution in [0.1, 0.15) is 18.2 Å².